The predicted octanol–water partition coefficient (Wildman–Crippen LogP) is 3.72. The Morgan fingerprint density at radius 1 is 1.00 bits per heavy atom. The Hall–Kier alpha value is -2.16. The van der Waals surface area contributed by atoms with Crippen molar-refractivity contribution in [3.63, 3.8) is 0 Å². The Kier molecular flexibility index (Phi) is 9.60. The van der Waals surface area contributed by atoms with Crippen LogP contribution in [0.25, 0.3) is 0 Å². The summed E-state index contributed by atoms with van der Waals surface area (Å²) in [7, 11) is 1.11. The second kappa shape index (κ2) is 10.4. The van der Waals surface area contributed by atoms with E-state index in [0.717, 1.165) is 7.11 Å². The molecule has 0 aromatic heterocycles. The molecule has 0 saturated carbocycles. The number of carbonyl (C=O) groups excluding carboxylic acids is 3. The van der Waals surface area contributed by atoms with Gasteiger partial charge in [-0.25, -0.2) is 18.8 Å². The zero-order valence-corrected chi connectivity index (χ0v) is 17.9. The van der Waals surface area contributed by atoms with Crippen molar-refractivity contribution < 1.29 is 38.1 Å². The lowest BCUT2D eigenvalue weighted by Crippen LogP contribution is -2.52. The van der Waals surface area contributed by atoms with Crippen LogP contribution in [-0.4, -0.2) is 59.1 Å². The van der Waals surface area contributed by atoms with Gasteiger partial charge in [0.25, 0.3) is 0 Å². The topological polar surface area (TPSA) is 102 Å². The molecule has 0 aromatic carbocycles. The second-order valence-electron chi connectivity index (χ2n) is 8.25. The van der Waals surface area contributed by atoms with E-state index in [-0.39, 0.29) is 18.4 Å². The zero-order valence-electron chi connectivity index (χ0n) is 17.9. The highest BCUT2D eigenvalue weighted by molar-refractivity contribution is 5.94. The molecular formula is C19H32FNO7. The number of aliphatic hydroxyl groups is 1. The minimum Gasteiger partial charge on any atom is -0.467 e. The van der Waals surface area contributed by atoms with Gasteiger partial charge in [-0.3, -0.25) is 0 Å². The molecule has 0 aliphatic carbocycles. The number of halogens is 1. The molecule has 0 aromatic rings. The van der Waals surface area contributed by atoms with Gasteiger partial charge in [0.1, 0.15) is 23.1 Å². The van der Waals surface area contributed by atoms with Crippen LogP contribution in [0.2, 0.25) is 0 Å². The van der Waals surface area contributed by atoms with Crippen LogP contribution < -0.4 is 0 Å². The van der Waals surface area contributed by atoms with E-state index >= 15 is 0 Å². The molecule has 0 spiro atoms. The minimum atomic E-state index is -1.39. The highest BCUT2D eigenvalue weighted by atomic mass is 19.1. The number of hydrogen-bond donors (Lipinski definition) is 1. The maximum atomic E-state index is 13.5. The molecule has 0 aliphatic heterocycles. The first kappa shape index (κ1) is 25.8. The number of nitrogens with zero attached hydrogens (tertiary/aromatic N) is 1. The fourth-order valence-corrected chi connectivity index (χ4v) is 2.06. The molecule has 2 amide bonds. The molecule has 0 rings (SSSR count). The molecule has 0 aliphatic rings. The summed E-state index contributed by atoms with van der Waals surface area (Å²) >= 11 is 0. The summed E-state index contributed by atoms with van der Waals surface area (Å²) in [6.45, 7) is 10.3. The van der Waals surface area contributed by atoms with E-state index in [1.807, 2.05) is 0 Å². The maximum absolute atomic E-state index is 13.5. The van der Waals surface area contributed by atoms with Crippen molar-refractivity contribution in [2.75, 3.05) is 13.7 Å². The largest absolute Gasteiger partial charge is 0.467 e. The van der Waals surface area contributed by atoms with E-state index in [0.29, 0.717) is 4.90 Å². The number of aliphatic hydroxyl groups excluding tert-OH is 1. The second-order valence-corrected chi connectivity index (χ2v) is 8.25. The highest BCUT2D eigenvalue weighted by Crippen LogP contribution is 2.22. The quantitative estimate of drug-likeness (QED) is 0.531. The van der Waals surface area contributed by atoms with Crippen LogP contribution in [0.15, 0.2) is 11.4 Å². The van der Waals surface area contributed by atoms with Crippen molar-refractivity contribution in [3.8, 4) is 0 Å². The van der Waals surface area contributed by atoms with Gasteiger partial charge in [-0.1, -0.05) is 0 Å². The van der Waals surface area contributed by atoms with E-state index in [2.05, 4.69) is 0 Å². The van der Waals surface area contributed by atoms with Gasteiger partial charge in [0, 0.05) is 0 Å². The Morgan fingerprint density at radius 3 is 1.75 bits per heavy atom. The zero-order chi connectivity index (χ0) is 22.3. The molecule has 162 valence electrons. The number of ether oxygens (including phenoxy) is 3. The number of allylic oxidation sites excluding steroid dienone is 1. The molecule has 9 heteroatoms. The summed E-state index contributed by atoms with van der Waals surface area (Å²) in [5, 5.41) is 8.88. The standard InChI is InChI=1S/C19H32FNO7/c1-12(13(20)11-22)9-10-14(15(23)26-8)21(16(24)27-18(2,3)4)17(25)28-19(5,6)7/h14,22H,9-11H2,1-8H3/b13-12-/t14-/m0/s1. The number of rotatable bonds is 6. The molecule has 1 N–H and O–H groups in total. The van der Waals surface area contributed by atoms with Crippen molar-refractivity contribution in [1.29, 1.82) is 0 Å². The van der Waals surface area contributed by atoms with Gasteiger partial charge < -0.3 is 19.3 Å². The van der Waals surface area contributed by atoms with Crippen molar-refractivity contribution in [1.82, 2.24) is 4.90 Å². The lowest BCUT2D eigenvalue weighted by molar-refractivity contribution is -0.146. The van der Waals surface area contributed by atoms with Crippen LogP contribution in [-0.2, 0) is 19.0 Å². The third kappa shape index (κ3) is 9.16. The molecule has 1 atom stereocenters. The Bertz CT molecular complexity index is 574. The Morgan fingerprint density at radius 2 is 1.43 bits per heavy atom. The van der Waals surface area contributed by atoms with Gasteiger partial charge in [-0.15, -0.1) is 0 Å². The van der Waals surface area contributed by atoms with Crippen LogP contribution in [0.1, 0.15) is 61.3 Å². The van der Waals surface area contributed by atoms with Crippen molar-refractivity contribution >= 4 is 18.2 Å². The SMILES string of the molecule is COC(=O)[C@H](CC/C(C)=C(\F)CO)N(C(=O)OC(C)(C)C)C(=O)OC(C)(C)C. The highest BCUT2D eigenvalue weighted by Gasteiger charge is 2.40. The molecular weight excluding hydrogens is 373 g/mol. The van der Waals surface area contributed by atoms with Crippen LogP contribution in [0.5, 0.6) is 0 Å². The van der Waals surface area contributed by atoms with E-state index in [1.165, 1.54) is 6.92 Å². The summed E-state index contributed by atoms with van der Waals surface area (Å²) in [5.41, 5.74) is -1.68. The van der Waals surface area contributed by atoms with Crippen LogP contribution in [0.3, 0.4) is 0 Å². The first-order valence-electron chi connectivity index (χ1n) is 8.91. The summed E-state index contributed by atoms with van der Waals surface area (Å²) in [6.07, 6.45) is -2.30. The van der Waals surface area contributed by atoms with Crippen LogP contribution >= 0.6 is 0 Å². The molecule has 0 saturated heterocycles. The monoisotopic (exact) mass is 405 g/mol. The Balaban J connectivity index is 5.91. The van der Waals surface area contributed by atoms with Crippen molar-refractivity contribution in [2.45, 2.75) is 78.6 Å². The molecule has 0 bridgehead atoms. The molecule has 0 fully saturated rings. The maximum Gasteiger partial charge on any atom is 0.420 e. The number of imide groups is 1. The molecule has 0 radical (unpaired) electrons. The number of amides is 2. The van der Waals surface area contributed by atoms with Crippen LogP contribution in [0.4, 0.5) is 14.0 Å². The lowest BCUT2D eigenvalue weighted by atomic mass is 10.0. The molecule has 8 nitrogen and oxygen atoms in total. The summed E-state index contributed by atoms with van der Waals surface area (Å²) in [6, 6.07) is -1.39. The number of hydrogen-bond acceptors (Lipinski definition) is 7. The molecule has 0 unspecified atom stereocenters. The Labute approximate surface area is 165 Å². The number of esters is 1. The summed E-state index contributed by atoms with van der Waals surface area (Å²) in [4.78, 5) is 38.2. The third-order valence-corrected chi connectivity index (χ3v) is 3.36. The van der Waals surface area contributed by atoms with E-state index in [1.54, 1.807) is 41.5 Å². The normalized spacial score (nSPS) is 13.9. The first-order valence-corrected chi connectivity index (χ1v) is 8.91. The van der Waals surface area contributed by atoms with E-state index in [4.69, 9.17) is 19.3 Å². The summed E-state index contributed by atoms with van der Waals surface area (Å²) in [5.74, 6) is -1.63. The van der Waals surface area contributed by atoms with Crippen molar-refractivity contribution in [2.24, 2.45) is 0 Å². The lowest BCUT2D eigenvalue weighted by Gasteiger charge is -2.32. The van der Waals surface area contributed by atoms with E-state index in [9.17, 15) is 18.8 Å². The van der Waals surface area contributed by atoms with Gasteiger partial charge in [0.05, 0.1) is 13.7 Å². The smallest absolute Gasteiger partial charge is 0.420 e. The van der Waals surface area contributed by atoms with Crippen LogP contribution in [0, 0.1) is 0 Å². The predicted molar refractivity (Wildman–Crippen MR) is 100 cm³/mol. The molecule has 28 heavy (non-hydrogen) atoms. The van der Waals surface area contributed by atoms with Gasteiger partial charge in [-0.05, 0) is 66.9 Å². The fraction of sp³-hybridized carbons (Fsp3) is 0.737. The van der Waals surface area contributed by atoms with E-state index < -0.39 is 47.8 Å². The average molecular weight is 405 g/mol. The minimum absolute atomic E-state index is 0.00570. The number of carbonyl (C=O) groups is 3. The van der Waals surface area contributed by atoms with Gasteiger partial charge in [0.15, 0.2) is 0 Å². The first-order chi connectivity index (χ1) is 12.6. The third-order valence-electron chi connectivity index (χ3n) is 3.36. The fourth-order valence-electron chi connectivity index (χ4n) is 2.06. The van der Waals surface area contributed by atoms with Crippen molar-refractivity contribution in [3.05, 3.63) is 11.4 Å². The molecule has 0 heterocycles. The van der Waals surface area contributed by atoms with Gasteiger partial charge >= 0.3 is 18.2 Å². The number of methoxy groups -OCH3 is 1. The average Bonchev–Trinajstić information content (AvgIpc) is 2.52. The summed E-state index contributed by atoms with van der Waals surface area (Å²) < 4.78 is 28.7. The van der Waals surface area contributed by atoms with Gasteiger partial charge in [0.2, 0.25) is 0 Å². The van der Waals surface area contributed by atoms with Gasteiger partial charge in [-0.2, -0.15) is 4.90 Å².